The zero-order valence-corrected chi connectivity index (χ0v) is 17.7. The lowest BCUT2D eigenvalue weighted by Gasteiger charge is -2.43. The zero-order valence-electron chi connectivity index (χ0n) is 17.7. The Morgan fingerprint density at radius 1 is 0.935 bits per heavy atom. The highest BCUT2D eigenvalue weighted by Gasteiger charge is 2.44. The van der Waals surface area contributed by atoms with E-state index in [1.807, 2.05) is 18.2 Å². The fraction of sp³-hybridized carbons (Fsp3) is 0.167. The summed E-state index contributed by atoms with van der Waals surface area (Å²) in [6.45, 7) is 6.63. The molecule has 0 aliphatic carbocycles. The summed E-state index contributed by atoms with van der Waals surface area (Å²) in [5.41, 5.74) is 4.33. The third-order valence-corrected chi connectivity index (χ3v) is 6.25. The second kappa shape index (κ2) is 6.64. The molecule has 7 heteroatoms. The number of aromatic nitrogens is 2. The molecule has 2 aromatic carbocycles. The van der Waals surface area contributed by atoms with Crippen LogP contribution in [0, 0.1) is 0 Å². The summed E-state index contributed by atoms with van der Waals surface area (Å²) >= 11 is 0. The summed E-state index contributed by atoms with van der Waals surface area (Å²) in [5.74, 6) is 2.66. The summed E-state index contributed by atoms with van der Waals surface area (Å²) < 4.78 is 6.17. The van der Waals surface area contributed by atoms with E-state index in [0.717, 1.165) is 39.7 Å². The Balaban J connectivity index is 1.50. The molecule has 0 amide bonds. The molecule has 6 rings (SSSR count). The Morgan fingerprint density at radius 3 is 2.45 bits per heavy atom. The number of nitrogens with zero attached hydrogens (tertiary/aromatic N) is 5. The Kier molecular flexibility index (Phi) is 3.87. The summed E-state index contributed by atoms with van der Waals surface area (Å²) in [7, 11) is 0. The molecule has 0 N–H and O–H groups in total. The standard InChI is InChI=1S/C24H22BN5O/c1-16-15-21-22(19-11-7-8-12-20(19)31-21)25(3)30(16)29-17(2)28(18-9-5-4-6-10-18)23-24(29)27-14-13-26-23/h4-15,17H,1-3H3/t17-/m0/s1. The van der Waals surface area contributed by atoms with Gasteiger partial charge in [-0.15, -0.1) is 0 Å². The molecule has 0 spiro atoms. The third kappa shape index (κ3) is 2.52. The fourth-order valence-corrected chi connectivity index (χ4v) is 4.99. The summed E-state index contributed by atoms with van der Waals surface area (Å²) in [5, 5.41) is 3.42. The molecule has 0 saturated carbocycles. The van der Waals surface area contributed by atoms with Crippen molar-refractivity contribution < 1.29 is 4.42 Å². The lowest BCUT2D eigenvalue weighted by molar-refractivity contribution is 0.439. The van der Waals surface area contributed by atoms with Crippen LogP contribution in [-0.2, 0) is 0 Å². The Labute approximate surface area is 181 Å². The van der Waals surface area contributed by atoms with E-state index in [1.165, 1.54) is 5.46 Å². The largest absolute Gasteiger partial charge is 0.457 e. The molecule has 0 saturated heterocycles. The predicted molar refractivity (Wildman–Crippen MR) is 126 cm³/mol. The number of anilines is 3. The monoisotopic (exact) mass is 407 g/mol. The van der Waals surface area contributed by atoms with Gasteiger partial charge in [0.1, 0.15) is 17.5 Å². The van der Waals surface area contributed by atoms with Gasteiger partial charge in [-0.1, -0.05) is 43.2 Å². The van der Waals surface area contributed by atoms with Crippen molar-refractivity contribution >= 4 is 46.7 Å². The number of hydrogen-bond donors (Lipinski definition) is 0. The van der Waals surface area contributed by atoms with E-state index in [-0.39, 0.29) is 13.0 Å². The van der Waals surface area contributed by atoms with Crippen LogP contribution in [0.5, 0.6) is 0 Å². The van der Waals surface area contributed by atoms with Gasteiger partial charge in [-0.2, -0.15) is 0 Å². The average Bonchev–Trinajstić information content (AvgIpc) is 3.29. The number of benzene rings is 2. The van der Waals surface area contributed by atoms with Crippen LogP contribution < -0.4 is 15.4 Å². The van der Waals surface area contributed by atoms with Crippen molar-refractivity contribution in [2.75, 3.05) is 9.91 Å². The molecule has 6 nitrogen and oxygen atoms in total. The number of allylic oxidation sites excluding steroid dienone is 1. The lowest BCUT2D eigenvalue weighted by atomic mass is 9.55. The Hall–Kier alpha value is -3.74. The number of hydrazine groups is 1. The van der Waals surface area contributed by atoms with Gasteiger partial charge in [-0.05, 0) is 43.6 Å². The van der Waals surface area contributed by atoms with Gasteiger partial charge in [0.2, 0.25) is 0 Å². The van der Waals surface area contributed by atoms with Crippen molar-refractivity contribution in [2.24, 2.45) is 0 Å². The van der Waals surface area contributed by atoms with Crippen molar-refractivity contribution in [3.8, 4) is 0 Å². The van der Waals surface area contributed by atoms with Gasteiger partial charge in [-0.3, -0.25) is 5.01 Å². The molecule has 31 heavy (non-hydrogen) atoms. The van der Waals surface area contributed by atoms with E-state index < -0.39 is 0 Å². The maximum absolute atomic E-state index is 6.17. The van der Waals surface area contributed by atoms with Crippen LogP contribution in [0.15, 0.2) is 77.1 Å². The maximum Gasteiger partial charge on any atom is 0.315 e. The molecule has 0 bridgehead atoms. The average molecular weight is 407 g/mol. The molecule has 152 valence electrons. The van der Waals surface area contributed by atoms with Crippen molar-refractivity contribution in [1.29, 1.82) is 0 Å². The van der Waals surface area contributed by atoms with E-state index >= 15 is 0 Å². The van der Waals surface area contributed by atoms with Gasteiger partial charge in [0.25, 0.3) is 0 Å². The Morgan fingerprint density at radius 2 is 1.65 bits per heavy atom. The molecule has 0 fully saturated rings. The van der Waals surface area contributed by atoms with Crippen LogP contribution in [0.4, 0.5) is 17.3 Å². The van der Waals surface area contributed by atoms with Crippen molar-refractivity contribution in [3.05, 3.63) is 78.4 Å². The zero-order chi connectivity index (χ0) is 21.1. The van der Waals surface area contributed by atoms with Crippen LogP contribution in [0.3, 0.4) is 0 Å². The van der Waals surface area contributed by atoms with Crippen molar-refractivity contribution in [1.82, 2.24) is 14.9 Å². The molecule has 4 heterocycles. The van der Waals surface area contributed by atoms with Gasteiger partial charge in [-0.25, -0.2) is 9.97 Å². The maximum atomic E-state index is 6.17. The van der Waals surface area contributed by atoms with Gasteiger partial charge in [0.05, 0.1) is 0 Å². The highest BCUT2D eigenvalue weighted by molar-refractivity contribution is 6.73. The normalized spacial score (nSPS) is 17.8. The molecular formula is C24H22BN5O. The molecule has 2 aliphatic heterocycles. The molecular weight excluding hydrogens is 385 g/mol. The van der Waals surface area contributed by atoms with Crippen LogP contribution in [0.25, 0.3) is 17.0 Å². The van der Waals surface area contributed by atoms with Gasteiger partial charge < -0.3 is 14.2 Å². The highest BCUT2D eigenvalue weighted by atomic mass is 16.3. The van der Waals surface area contributed by atoms with Gasteiger partial charge in [0, 0.05) is 29.2 Å². The first-order valence-electron chi connectivity index (χ1n) is 10.6. The minimum atomic E-state index is 0.00492. The van der Waals surface area contributed by atoms with Crippen LogP contribution in [0.1, 0.15) is 19.6 Å². The Bertz CT molecular complexity index is 1320. The summed E-state index contributed by atoms with van der Waals surface area (Å²) in [6, 6.07) is 18.6. The summed E-state index contributed by atoms with van der Waals surface area (Å²) in [4.78, 5) is 14.0. The first kappa shape index (κ1) is 18.1. The van der Waals surface area contributed by atoms with Crippen LogP contribution in [0.2, 0.25) is 6.82 Å². The number of furan rings is 1. The number of hydrogen-bond acceptors (Lipinski definition) is 6. The molecule has 1 atom stereocenters. The minimum absolute atomic E-state index is 0.00492. The second-order valence-electron chi connectivity index (χ2n) is 8.07. The molecule has 2 aliphatic rings. The number of fused-ring (bicyclic) bond motifs is 4. The summed E-state index contributed by atoms with van der Waals surface area (Å²) in [6.07, 6.45) is 5.66. The second-order valence-corrected chi connectivity index (χ2v) is 8.07. The topological polar surface area (TPSA) is 48.6 Å². The minimum Gasteiger partial charge on any atom is -0.457 e. The van der Waals surface area contributed by atoms with E-state index in [0.29, 0.717) is 0 Å². The molecule has 2 aromatic heterocycles. The van der Waals surface area contributed by atoms with Crippen LogP contribution >= 0.6 is 0 Å². The van der Waals surface area contributed by atoms with Crippen LogP contribution in [-0.4, -0.2) is 27.9 Å². The molecule has 4 aromatic rings. The molecule has 0 unspecified atom stereocenters. The lowest BCUT2D eigenvalue weighted by Crippen LogP contribution is -2.59. The van der Waals surface area contributed by atoms with E-state index in [1.54, 1.807) is 12.4 Å². The number of rotatable bonds is 2. The SMILES string of the molecule is CB1c2c(oc3ccccc23)C=C(C)N1N1c2nccnc2N(c2ccccc2)[C@@H]1C. The van der Waals surface area contributed by atoms with E-state index in [9.17, 15) is 0 Å². The smallest absolute Gasteiger partial charge is 0.315 e. The van der Waals surface area contributed by atoms with Gasteiger partial charge in [0.15, 0.2) is 11.6 Å². The van der Waals surface area contributed by atoms with E-state index in [4.69, 9.17) is 14.4 Å². The fourth-order valence-electron chi connectivity index (χ4n) is 4.99. The van der Waals surface area contributed by atoms with Crippen molar-refractivity contribution in [3.63, 3.8) is 0 Å². The quantitative estimate of drug-likeness (QED) is 0.451. The molecule has 0 radical (unpaired) electrons. The first-order chi connectivity index (χ1) is 15.1. The highest BCUT2D eigenvalue weighted by Crippen LogP contribution is 2.43. The van der Waals surface area contributed by atoms with Crippen molar-refractivity contribution in [2.45, 2.75) is 26.8 Å². The van der Waals surface area contributed by atoms with Gasteiger partial charge >= 0.3 is 6.85 Å². The first-order valence-corrected chi connectivity index (χ1v) is 10.6. The predicted octanol–water partition coefficient (Wildman–Crippen LogP) is 4.65. The number of para-hydroxylation sites is 2. The third-order valence-electron chi connectivity index (χ3n) is 6.25. The van der Waals surface area contributed by atoms with E-state index in [2.05, 4.69) is 78.0 Å².